The first-order valence-corrected chi connectivity index (χ1v) is 12.0. The predicted molar refractivity (Wildman–Crippen MR) is 120 cm³/mol. The van der Waals surface area contributed by atoms with Crippen molar-refractivity contribution in [2.24, 2.45) is 13.0 Å². The Kier molecular flexibility index (Phi) is 5.85. The van der Waals surface area contributed by atoms with Crippen LogP contribution in [0, 0.1) is 5.92 Å². The van der Waals surface area contributed by atoms with Crippen LogP contribution in [0.5, 0.6) is 0 Å². The molecule has 1 saturated heterocycles. The van der Waals surface area contributed by atoms with E-state index >= 15 is 0 Å². The van der Waals surface area contributed by atoms with Crippen LogP contribution in [0.25, 0.3) is 10.9 Å². The third-order valence-electron chi connectivity index (χ3n) is 6.93. The van der Waals surface area contributed by atoms with Gasteiger partial charge in [0.15, 0.2) is 0 Å². The van der Waals surface area contributed by atoms with Gasteiger partial charge in [-0.3, -0.25) is 0 Å². The zero-order valence-corrected chi connectivity index (χ0v) is 19.1. The van der Waals surface area contributed by atoms with Crippen molar-refractivity contribution in [2.45, 2.75) is 43.7 Å². The molecule has 1 aliphatic heterocycles. The molecule has 1 fully saturated rings. The summed E-state index contributed by atoms with van der Waals surface area (Å²) in [5.41, 5.74) is 4.35. The van der Waals surface area contributed by atoms with Crippen molar-refractivity contribution < 1.29 is 9.53 Å². The molecule has 0 radical (unpaired) electrons. The largest absolute Gasteiger partial charge is 0.449 e. The molecule has 0 N–H and O–H groups in total. The van der Waals surface area contributed by atoms with Crippen molar-refractivity contribution in [3.05, 3.63) is 29.3 Å². The maximum absolute atomic E-state index is 12.3. The quantitative estimate of drug-likeness (QED) is 0.681. The smallest absolute Gasteiger partial charge is 0.409 e. The van der Waals surface area contributed by atoms with Gasteiger partial charge in [-0.15, -0.1) is 11.8 Å². The Morgan fingerprint density at radius 1 is 1.28 bits per heavy atom. The minimum absolute atomic E-state index is 0.180. The van der Waals surface area contributed by atoms with Gasteiger partial charge in [-0.2, -0.15) is 0 Å². The number of thioether (sulfide) groups is 1. The molecule has 3 atom stereocenters. The molecule has 0 spiro atoms. The van der Waals surface area contributed by atoms with Crippen molar-refractivity contribution >= 4 is 28.8 Å². The van der Waals surface area contributed by atoms with Gasteiger partial charge in [-0.1, -0.05) is 12.1 Å². The summed E-state index contributed by atoms with van der Waals surface area (Å²) in [6.07, 6.45) is 4.20. The molecule has 2 aromatic rings. The van der Waals surface area contributed by atoms with E-state index in [2.05, 4.69) is 48.0 Å². The van der Waals surface area contributed by atoms with E-state index in [1.807, 2.05) is 25.6 Å². The van der Waals surface area contributed by atoms with Gasteiger partial charge >= 0.3 is 6.09 Å². The minimum Gasteiger partial charge on any atom is -0.449 e. The number of benzene rings is 1. The summed E-state index contributed by atoms with van der Waals surface area (Å²) in [5.74, 6) is 0.875. The molecule has 1 aromatic heterocycles. The van der Waals surface area contributed by atoms with Gasteiger partial charge in [0.05, 0.1) is 11.6 Å². The standard InChI is InChI=1S/C23H33N3O2S/c1-6-26(7-2)23(27)28-14-15-11-17-16-9-8-10-19-21(16)18(22(29-5)25(19)4)12-20(17)24(3)13-15/h8-10,15,17,20H,6-7,11-14H2,1-5H3/t15-,17?,20-/m1/s1. The Hall–Kier alpha value is -1.66. The van der Waals surface area contributed by atoms with Crippen LogP contribution >= 0.6 is 11.8 Å². The predicted octanol–water partition coefficient (Wildman–Crippen LogP) is 4.34. The average Bonchev–Trinajstić information content (AvgIpc) is 3.00. The van der Waals surface area contributed by atoms with Gasteiger partial charge in [0.2, 0.25) is 0 Å². The lowest BCUT2D eigenvalue weighted by Crippen LogP contribution is -2.49. The van der Waals surface area contributed by atoms with Gasteiger partial charge in [-0.05, 0) is 57.2 Å². The monoisotopic (exact) mass is 415 g/mol. The molecule has 1 aromatic carbocycles. The van der Waals surface area contributed by atoms with E-state index in [4.69, 9.17) is 4.74 Å². The molecule has 4 rings (SSSR count). The van der Waals surface area contributed by atoms with Gasteiger partial charge in [0, 0.05) is 55.5 Å². The maximum atomic E-state index is 12.3. The molecule has 158 valence electrons. The highest BCUT2D eigenvalue weighted by Crippen LogP contribution is 2.47. The van der Waals surface area contributed by atoms with Gasteiger partial charge < -0.3 is 19.1 Å². The summed E-state index contributed by atoms with van der Waals surface area (Å²) in [6.45, 7) is 6.87. The molecule has 0 saturated carbocycles. The molecule has 2 aliphatic rings. The second-order valence-electron chi connectivity index (χ2n) is 8.46. The number of hydrogen-bond donors (Lipinski definition) is 0. The summed E-state index contributed by atoms with van der Waals surface area (Å²) in [5, 5.41) is 2.87. The second-order valence-corrected chi connectivity index (χ2v) is 9.25. The summed E-state index contributed by atoms with van der Waals surface area (Å²) in [4.78, 5) is 16.5. The zero-order valence-electron chi connectivity index (χ0n) is 18.3. The van der Waals surface area contributed by atoms with E-state index in [9.17, 15) is 4.79 Å². The highest BCUT2D eigenvalue weighted by Gasteiger charge is 2.41. The van der Waals surface area contributed by atoms with Crippen molar-refractivity contribution in [3.8, 4) is 0 Å². The van der Waals surface area contributed by atoms with Crippen LogP contribution < -0.4 is 0 Å². The molecule has 1 aliphatic carbocycles. The van der Waals surface area contributed by atoms with E-state index in [0.29, 0.717) is 37.6 Å². The third-order valence-corrected chi connectivity index (χ3v) is 7.84. The Labute approximate surface area is 178 Å². The van der Waals surface area contributed by atoms with Crippen molar-refractivity contribution in [3.63, 3.8) is 0 Å². The van der Waals surface area contributed by atoms with Crippen LogP contribution in [0.1, 0.15) is 37.3 Å². The summed E-state index contributed by atoms with van der Waals surface area (Å²) in [6, 6.07) is 7.30. The third kappa shape index (κ3) is 3.44. The number of nitrogens with zero attached hydrogens (tertiary/aromatic N) is 3. The zero-order chi connectivity index (χ0) is 20.7. The summed E-state index contributed by atoms with van der Waals surface area (Å²) in [7, 11) is 4.43. The second kappa shape index (κ2) is 8.23. The highest BCUT2D eigenvalue weighted by atomic mass is 32.2. The Bertz CT molecular complexity index is 905. The summed E-state index contributed by atoms with van der Waals surface area (Å²) < 4.78 is 8.05. The maximum Gasteiger partial charge on any atom is 0.409 e. The number of carbonyl (C=O) groups excluding carboxylic acids is 1. The van der Waals surface area contributed by atoms with Crippen molar-refractivity contribution in [2.75, 3.05) is 39.5 Å². The van der Waals surface area contributed by atoms with E-state index in [0.717, 1.165) is 19.4 Å². The van der Waals surface area contributed by atoms with Crippen molar-refractivity contribution in [1.29, 1.82) is 0 Å². The molecular weight excluding hydrogens is 382 g/mol. The molecule has 0 bridgehead atoms. The number of piperidine rings is 1. The number of aryl methyl sites for hydroxylation is 1. The van der Waals surface area contributed by atoms with Crippen LogP contribution in [0.4, 0.5) is 4.79 Å². The van der Waals surface area contributed by atoms with E-state index < -0.39 is 0 Å². The number of carbonyl (C=O) groups is 1. The van der Waals surface area contributed by atoms with Gasteiger partial charge in [-0.25, -0.2) is 4.79 Å². The lowest BCUT2D eigenvalue weighted by atomic mass is 9.72. The topological polar surface area (TPSA) is 37.7 Å². The SMILES string of the molecule is CCN(CC)C(=O)OC[C@@H]1CC2c3cccc4c3c(c(SC)n4C)C[C@H]2N(C)C1. The number of likely N-dealkylation sites (N-methyl/N-ethyl adjacent to an activating group) is 1. The number of likely N-dealkylation sites (tertiary alicyclic amines) is 1. The van der Waals surface area contributed by atoms with E-state index in [1.54, 1.807) is 4.90 Å². The number of fused-ring (bicyclic) bond motifs is 2. The number of amides is 1. The lowest BCUT2D eigenvalue weighted by molar-refractivity contribution is 0.0482. The first-order chi connectivity index (χ1) is 14.0. The van der Waals surface area contributed by atoms with E-state index in [1.165, 1.54) is 27.1 Å². The van der Waals surface area contributed by atoms with Crippen LogP contribution in [-0.4, -0.2) is 66.0 Å². The lowest BCUT2D eigenvalue weighted by Gasteiger charge is -2.45. The molecule has 29 heavy (non-hydrogen) atoms. The minimum atomic E-state index is -0.180. The fourth-order valence-electron chi connectivity index (χ4n) is 5.51. The van der Waals surface area contributed by atoms with E-state index in [-0.39, 0.29) is 6.09 Å². The fraction of sp³-hybridized carbons (Fsp3) is 0.609. The number of aromatic nitrogens is 1. The molecule has 5 nitrogen and oxygen atoms in total. The molecule has 2 heterocycles. The molecule has 1 unspecified atom stereocenters. The number of hydrogen-bond acceptors (Lipinski definition) is 4. The Morgan fingerprint density at radius 2 is 2.03 bits per heavy atom. The van der Waals surface area contributed by atoms with Crippen LogP contribution in [0.2, 0.25) is 0 Å². The summed E-state index contributed by atoms with van der Waals surface area (Å²) >= 11 is 1.86. The Morgan fingerprint density at radius 3 is 2.72 bits per heavy atom. The molecule has 1 amide bonds. The molecule has 6 heteroatoms. The fourth-order valence-corrected chi connectivity index (χ4v) is 6.31. The average molecular weight is 416 g/mol. The normalized spacial score (nSPS) is 23.8. The van der Waals surface area contributed by atoms with Crippen LogP contribution in [0.15, 0.2) is 23.2 Å². The van der Waals surface area contributed by atoms with Gasteiger partial charge in [0.1, 0.15) is 0 Å². The highest BCUT2D eigenvalue weighted by molar-refractivity contribution is 7.98. The van der Waals surface area contributed by atoms with Crippen LogP contribution in [0.3, 0.4) is 0 Å². The van der Waals surface area contributed by atoms with Crippen LogP contribution in [-0.2, 0) is 18.2 Å². The number of ether oxygens (including phenoxy) is 1. The first-order valence-electron chi connectivity index (χ1n) is 10.8. The molecular formula is C23H33N3O2S. The number of rotatable bonds is 5. The first kappa shape index (κ1) is 20.6. The van der Waals surface area contributed by atoms with Gasteiger partial charge in [0.25, 0.3) is 0 Å². The Balaban J connectivity index is 1.59. The van der Waals surface area contributed by atoms with Crippen molar-refractivity contribution in [1.82, 2.24) is 14.4 Å².